The first-order valence-corrected chi connectivity index (χ1v) is 11.3. The Labute approximate surface area is 193 Å². The van der Waals surface area contributed by atoms with Crippen LogP contribution >= 0.6 is 11.8 Å². The minimum Gasteiger partial charge on any atom is -0.480 e. The Hall–Kier alpha value is -2.80. The second-order valence-corrected chi connectivity index (χ2v) is 8.28. The number of fused-ring (bicyclic) bond motifs is 1. The van der Waals surface area contributed by atoms with Crippen LogP contribution < -0.4 is 5.32 Å². The molecule has 1 aromatic carbocycles. The van der Waals surface area contributed by atoms with Gasteiger partial charge in [-0.05, 0) is 18.6 Å². The minimum absolute atomic E-state index is 0.0713. The smallest absolute Gasteiger partial charge is 0.329 e. The molecule has 3 rings (SSSR count). The van der Waals surface area contributed by atoms with Crippen LogP contribution in [-0.4, -0.2) is 91.0 Å². The maximum atomic E-state index is 13.0. The summed E-state index contributed by atoms with van der Waals surface area (Å²) in [6, 6.07) is 3.98. The van der Waals surface area contributed by atoms with Crippen molar-refractivity contribution in [2.75, 3.05) is 45.4 Å². The number of thioether (sulfide) groups is 1. The lowest BCUT2D eigenvalue weighted by Gasteiger charge is -2.27. The summed E-state index contributed by atoms with van der Waals surface area (Å²) in [7, 11) is 0. The third kappa shape index (κ3) is 6.38. The van der Waals surface area contributed by atoms with Gasteiger partial charge >= 0.3 is 5.97 Å². The molecule has 11 nitrogen and oxygen atoms in total. The number of ether oxygens (including phenoxy) is 3. The van der Waals surface area contributed by atoms with Gasteiger partial charge in [0.25, 0.3) is 11.8 Å². The zero-order chi connectivity index (χ0) is 23.8. The Morgan fingerprint density at radius 1 is 1.03 bits per heavy atom. The summed E-state index contributed by atoms with van der Waals surface area (Å²) < 4.78 is 15.6. The molecule has 2 heterocycles. The molecular weight excluding hydrogens is 456 g/mol. The summed E-state index contributed by atoms with van der Waals surface area (Å²) in [5, 5.41) is 10.6. The maximum absolute atomic E-state index is 13.0. The van der Waals surface area contributed by atoms with Gasteiger partial charge in [0.15, 0.2) is 0 Å². The molecule has 0 aliphatic carbocycles. The average molecular weight is 480 g/mol. The molecule has 1 saturated heterocycles. The number of benzene rings is 1. The SMILES string of the molecule is O=C(O)COCCOCCOCCSc1cccc2c1C(=O)N(C1CCC(=O)NC1=O)C2=O. The molecule has 1 aromatic rings. The van der Waals surface area contributed by atoms with Gasteiger partial charge in [0.1, 0.15) is 12.6 Å². The molecule has 0 radical (unpaired) electrons. The minimum atomic E-state index is -1.03. The van der Waals surface area contributed by atoms with Gasteiger partial charge < -0.3 is 19.3 Å². The molecule has 12 heteroatoms. The molecule has 4 amide bonds. The molecule has 2 aliphatic heterocycles. The molecule has 2 aliphatic rings. The van der Waals surface area contributed by atoms with Crippen molar-refractivity contribution in [1.82, 2.24) is 10.2 Å². The fraction of sp³-hybridized carbons (Fsp3) is 0.476. The van der Waals surface area contributed by atoms with E-state index in [4.69, 9.17) is 19.3 Å². The van der Waals surface area contributed by atoms with E-state index in [0.717, 1.165) is 4.90 Å². The Morgan fingerprint density at radius 3 is 2.42 bits per heavy atom. The molecule has 0 aromatic heterocycles. The number of imide groups is 2. The van der Waals surface area contributed by atoms with Gasteiger partial charge in [-0.15, -0.1) is 11.8 Å². The van der Waals surface area contributed by atoms with Crippen molar-refractivity contribution >= 4 is 41.4 Å². The maximum Gasteiger partial charge on any atom is 0.329 e. The lowest BCUT2D eigenvalue weighted by Crippen LogP contribution is -2.54. The van der Waals surface area contributed by atoms with Crippen molar-refractivity contribution in [2.45, 2.75) is 23.8 Å². The number of piperidine rings is 1. The molecule has 178 valence electrons. The van der Waals surface area contributed by atoms with Crippen molar-refractivity contribution in [3.8, 4) is 0 Å². The number of rotatable bonds is 13. The number of nitrogens with zero attached hydrogens (tertiary/aromatic N) is 1. The molecule has 1 atom stereocenters. The van der Waals surface area contributed by atoms with Crippen LogP contribution in [0.3, 0.4) is 0 Å². The van der Waals surface area contributed by atoms with Gasteiger partial charge in [0, 0.05) is 17.1 Å². The average Bonchev–Trinajstić information content (AvgIpc) is 3.03. The van der Waals surface area contributed by atoms with Gasteiger partial charge in [0.2, 0.25) is 11.8 Å². The van der Waals surface area contributed by atoms with Crippen LogP contribution in [0.15, 0.2) is 23.1 Å². The highest BCUT2D eigenvalue weighted by Gasteiger charge is 2.45. The Bertz CT molecular complexity index is 936. The van der Waals surface area contributed by atoms with Gasteiger partial charge in [-0.25, -0.2) is 4.79 Å². The molecule has 2 N–H and O–H groups in total. The van der Waals surface area contributed by atoms with E-state index in [1.165, 1.54) is 11.8 Å². The van der Waals surface area contributed by atoms with E-state index in [-0.39, 0.29) is 43.8 Å². The number of carboxylic acids is 1. The van der Waals surface area contributed by atoms with Crippen molar-refractivity contribution in [3.63, 3.8) is 0 Å². The van der Waals surface area contributed by atoms with Crippen LogP contribution in [0.1, 0.15) is 33.6 Å². The van der Waals surface area contributed by atoms with Crippen LogP contribution in [0.4, 0.5) is 0 Å². The molecule has 33 heavy (non-hydrogen) atoms. The highest BCUT2D eigenvalue weighted by Crippen LogP contribution is 2.34. The van der Waals surface area contributed by atoms with Crippen molar-refractivity contribution in [2.24, 2.45) is 0 Å². The number of aliphatic carboxylic acids is 1. The van der Waals surface area contributed by atoms with E-state index < -0.39 is 35.6 Å². The summed E-state index contributed by atoms with van der Waals surface area (Å²) >= 11 is 1.36. The fourth-order valence-corrected chi connectivity index (χ4v) is 4.35. The van der Waals surface area contributed by atoms with E-state index in [9.17, 15) is 24.0 Å². The first-order chi connectivity index (χ1) is 15.9. The summed E-state index contributed by atoms with van der Waals surface area (Å²) in [4.78, 5) is 61.3. The number of hydrogen-bond donors (Lipinski definition) is 2. The highest BCUT2D eigenvalue weighted by atomic mass is 32.2. The summed E-state index contributed by atoms with van der Waals surface area (Å²) in [5.74, 6) is -2.63. The van der Waals surface area contributed by atoms with E-state index in [0.29, 0.717) is 30.5 Å². The van der Waals surface area contributed by atoms with Gasteiger partial charge in [-0.2, -0.15) is 0 Å². The monoisotopic (exact) mass is 480 g/mol. The number of hydrogen-bond acceptors (Lipinski definition) is 9. The van der Waals surface area contributed by atoms with Gasteiger partial charge in [-0.1, -0.05) is 6.07 Å². The van der Waals surface area contributed by atoms with Crippen LogP contribution in [0.5, 0.6) is 0 Å². The second kappa shape index (κ2) is 11.9. The van der Waals surface area contributed by atoms with Crippen molar-refractivity contribution in [1.29, 1.82) is 0 Å². The fourth-order valence-electron chi connectivity index (χ4n) is 3.41. The first-order valence-electron chi connectivity index (χ1n) is 10.3. The summed E-state index contributed by atoms with van der Waals surface area (Å²) in [6.45, 7) is 1.14. The van der Waals surface area contributed by atoms with Crippen LogP contribution in [0.2, 0.25) is 0 Å². The molecule has 1 unspecified atom stereocenters. The largest absolute Gasteiger partial charge is 0.480 e. The zero-order valence-electron chi connectivity index (χ0n) is 17.7. The first kappa shape index (κ1) is 24.8. The van der Waals surface area contributed by atoms with Crippen LogP contribution in [0, 0.1) is 0 Å². The normalized spacial score (nSPS) is 17.9. The van der Waals surface area contributed by atoms with Crippen molar-refractivity contribution < 1.29 is 43.3 Å². The zero-order valence-corrected chi connectivity index (χ0v) is 18.6. The molecule has 0 spiro atoms. The number of amides is 4. The number of carboxylic acid groups (broad SMARTS) is 1. The lowest BCUT2D eigenvalue weighted by atomic mass is 10.0. The van der Waals surface area contributed by atoms with Crippen LogP contribution in [0.25, 0.3) is 0 Å². The number of carbonyl (C=O) groups excluding carboxylic acids is 4. The topological polar surface area (TPSA) is 149 Å². The van der Waals surface area contributed by atoms with Gasteiger partial charge in [-0.3, -0.25) is 29.4 Å². The third-order valence-electron chi connectivity index (χ3n) is 4.88. The third-order valence-corrected chi connectivity index (χ3v) is 5.91. The number of nitrogens with one attached hydrogen (secondary N) is 1. The Kier molecular flexibility index (Phi) is 8.95. The molecule has 0 bridgehead atoms. The van der Waals surface area contributed by atoms with E-state index in [1.54, 1.807) is 18.2 Å². The predicted molar refractivity (Wildman–Crippen MR) is 114 cm³/mol. The molecule has 1 fully saturated rings. The second-order valence-electron chi connectivity index (χ2n) is 7.15. The Morgan fingerprint density at radius 2 is 1.73 bits per heavy atom. The highest BCUT2D eigenvalue weighted by molar-refractivity contribution is 7.99. The van der Waals surface area contributed by atoms with Crippen LogP contribution in [-0.2, 0) is 28.6 Å². The van der Waals surface area contributed by atoms with Gasteiger partial charge in [0.05, 0.1) is 44.2 Å². The molecule has 0 saturated carbocycles. The van der Waals surface area contributed by atoms with Crippen molar-refractivity contribution in [3.05, 3.63) is 29.3 Å². The summed E-state index contributed by atoms with van der Waals surface area (Å²) in [6.07, 6.45) is 0.183. The lowest BCUT2D eigenvalue weighted by molar-refractivity contribution is -0.143. The molecular formula is C21H24N2O9S. The summed E-state index contributed by atoms with van der Waals surface area (Å²) in [5.41, 5.74) is 0.510. The predicted octanol–water partition coefficient (Wildman–Crippen LogP) is 0.314. The number of carbonyl (C=O) groups is 5. The van der Waals surface area contributed by atoms with E-state index >= 15 is 0 Å². The quantitative estimate of drug-likeness (QED) is 0.230. The van der Waals surface area contributed by atoms with E-state index in [1.807, 2.05) is 0 Å². The van der Waals surface area contributed by atoms with E-state index in [2.05, 4.69) is 5.32 Å². The standard InChI is InChI=1S/C21H24N2O9S/c24-16-5-4-14(19(27)22-16)23-20(28)13-2-1-3-15(18(13)21(23)29)33-11-10-31-7-6-30-8-9-32-12-17(25)26/h1-3,14H,4-12H2,(H,25,26)(H,22,24,27). The Balaban J connectivity index is 1.44.